The summed E-state index contributed by atoms with van der Waals surface area (Å²) in [5.41, 5.74) is 9.40. The zero-order valence-electron chi connectivity index (χ0n) is 14.6. The van der Waals surface area contributed by atoms with Crippen molar-refractivity contribution in [2.24, 2.45) is 0 Å². The number of carbonyl (C=O) groups is 1. The van der Waals surface area contributed by atoms with Gasteiger partial charge in [-0.05, 0) is 53.6 Å². The normalized spacial score (nSPS) is 10.3. The fourth-order valence-corrected chi connectivity index (χ4v) is 2.86. The Bertz CT molecular complexity index is 1110. The first kappa shape index (κ1) is 19.3. The third-order valence-corrected chi connectivity index (χ3v) is 4.26. The maximum Gasteiger partial charge on any atom is 0.198 e. The SMILES string of the molecule is Nc1c(C(=O)c2cccc(-c3ccncc3)c2)cnn1-c1ccc(F)cc1.[Cl-]. The average molecular weight is 394 g/mol. The van der Waals surface area contributed by atoms with Gasteiger partial charge in [0.05, 0.1) is 17.4 Å². The standard InChI is InChI=1S/C21H15FN4O.ClH/c22-17-4-6-18(7-5-17)26-21(23)19(13-25-26)20(27)16-3-1-2-15(12-16)14-8-10-24-11-9-14;/h1-13H,23H2;1H/p-1. The number of rotatable bonds is 4. The average Bonchev–Trinajstić information content (AvgIpc) is 3.10. The van der Waals surface area contributed by atoms with Gasteiger partial charge in [-0.15, -0.1) is 0 Å². The maximum absolute atomic E-state index is 13.1. The third-order valence-electron chi connectivity index (χ3n) is 4.26. The summed E-state index contributed by atoms with van der Waals surface area (Å²) >= 11 is 0. The highest BCUT2D eigenvalue weighted by molar-refractivity contribution is 6.12. The predicted molar refractivity (Wildman–Crippen MR) is 101 cm³/mol. The van der Waals surface area contributed by atoms with E-state index in [-0.39, 0.29) is 29.8 Å². The van der Waals surface area contributed by atoms with Crippen LogP contribution in [0.1, 0.15) is 15.9 Å². The van der Waals surface area contributed by atoms with Crippen molar-refractivity contribution in [2.45, 2.75) is 0 Å². The van der Waals surface area contributed by atoms with Gasteiger partial charge < -0.3 is 18.1 Å². The van der Waals surface area contributed by atoms with Crippen molar-refractivity contribution in [1.82, 2.24) is 14.8 Å². The smallest absolute Gasteiger partial charge is 0.198 e. The second kappa shape index (κ2) is 8.02. The Morgan fingerprint density at radius 2 is 1.68 bits per heavy atom. The molecule has 0 bridgehead atoms. The van der Waals surface area contributed by atoms with Crippen molar-refractivity contribution < 1.29 is 21.6 Å². The van der Waals surface area contributed by atoms with Crippen LogP contribution in [0.2, 0.25) is 0 Å². The molecular formula is C21H15ClFN4O-. The molecule has 4 rings (SSSR count). The van der Waals surface area contributed by atoms with E-state index < -0.39 is 0 Å². The molecule has 0 saturated heterocycles. The number of nitrogens with two attached hydrogens (primary N) is 1. The Hall–Kier alpha value is -3.51. The Balaban J connectivity index is 0.00000225. The molecule has 2 aromatic carbocycles. The van der Waals surface area contributed by atoms with Crippen molar-refractivity contribution in [1.29, 1.82) is 0 Å². The van der Waals surface area contributed by atoms with Crippen LogP contribution >= 0.6 is 0 Å². The molecule has 5 nitrogen and oxygen atoms in total. The molecule has 28 heavy (non-hydrogen) atoms. The molecule has 7 heteroatoms. The minimum absolute atomic E-state index is 0. The molecule has 0 fully saturated rings. The zero-order valence-corrected chi connectivity index (χ0v) is 15.3. The Labute approximate surface area is 167 Å². The van der Waals surface area contributed by atoms with E-state index in [4.69, 9.17) is 5.73 Å². The van der Waals surface area contributed by atoms with Crippen LogP contribution in [-0.4, -0.2) is 20.5 Å². The number of aromatic nitrogens is 3. The highest BCUT2D eigenvalue weighted by atomic mass is 35.5. The van der Waals surface area contributed by atoms with Gasteiger partial charge in [0, 0.05) is 18.0 Å². The van der Waals surface area contributed by atoms with Gasteiger partial charge in [0.2, 0.25) is 0 Å². The molecule has 0 atom stereocenters. The van der Waals surface area contributed by atoms with Gasteiger partial charge >= 0.3 is 0 Å². The second-order valence-corrected chi connectivity index (χ2v) is 5.98. The number of nitrogen functional groups attached to an aromatic ring is 1. The zero-order chi connectivity index (χ0) is 18.8. The van der Waals surface area contributed by atoms with Gasteiger partial charge in [0.25, 0.3) is 0 Å². The van der Waals surface area contributed by atoms with Crippen LogP contribution in [0.5, 0.6) is 0 Å². The molecule has 2 heterocycles. The number of hydrogen-bond donors (Lipinski definition) is 1. The highest BCUT2D eigenvalue weighted by Crippen LogP contribution is 2.24. The lowest BCUT2D eigenvalue weighted by atomic mass is 10.00. The van der Waals surface area contributed by atoms with E-state index in [0.717, 1.165) is 11.1 Å². The van der Waals surface area contributed by atoms with Crippen LogP contribution in [0.25, 0.3) is 16.8 Å². The van der Waals surface area contributed by atoms with Gasteiger partial charge in [0.1, 0.15) is 11.6 Å². The minimum atomic E-state index is -0.353. The van der Waals surface area contributed by atoms with E-state index >= 15 is 0 Å². The number of hydrogen-bond acceptors (Lipinski definition) is 4. The topological polar surface area (TPSA) is 73.8 Å². The first-order valence-corrected chi connectivity index (χ1v) is 8.28. The number of halogens is 2. The molecule has 140 valence electrons. The van der Waals surface area contributed by atoms with E-state index in [9.17, 15) is 9.18 Å². The number of carbonyl (C=O) groups excluding carboxylic acids is 1. The van der Waals surface area contributed by atoms with Crippen molar-refractivity contribution >= 4 is 11.6 Å². The van der Waals surface area contributed by atoms with Crippen molar-refractivity contribution in [3.63, 3.8) is 0 Å². The van der Waals surface area contributed by atoms with Gasteiger partial charge in [-0.3, -0.25) is 9.78 Å². The summed E-state index contributed by atoms with van der Waals surface area (Å²) in [6.07, 6.45) is 4.84. The maximum atomic E-state index is 13.1. The summed E-state index contributed by atoms with van der Waals surface area (Å²) in [5.74, 6) is -0.369. The van der Waals surface area contributed by atoms with Gasteiger partial charge in [-0.2, -0.15) is 5.10 Å². The molecule has 0 aliphatic rings. The number of nitrogens with zero attached hydrogens (tertiary/aromatic N) is 3. The predicted octanol–water partition coefficient (Wildman–Crippen LogP) is 0.891. The lowest BCUT2D eigenvalue weighted by molar-refractivity contribution is -0.0000134. The van der Waals surface area contributed by atoms with E-state index in [2.05, 4.69) is 10.1 Å². The minimum Gasteiger partial charge on any atom is -1.00 e. The van der Waals surface area contributed by atoms with Crippen LogP contribution < -0.4 is 18.1 Å². The van der Waals surface area contributed by atoms with Crippen LogP contribution in [0.3, 0.4) is 0 Å². The molecule has 0 aliphatic heterocycles. The molecule has 0 radical (unpaired) electrons. The van der Waals surface area contributed by atoms with E-state index in [0.29, 0.717) is 16.8 Å². The summed E-state index contributed by atoms with van der Waals surface area (Å²) in [6.45, 7) is 0. The van der Waals surface area contributed by atoms with Gasteiger partial charge in [0.15, 0.2) is 5.78 Å². The largest absolute Gasteiger partial charge is 1.00 e. The fourth-order valence-electron chi connectivity index (χ4n) is 2.86. The summed E-state index contributed by atoms with van der Waals surface area (Å²) in [4.78, 5) is 17.0. The van der Waals surface area contributed by atoms with E-state index in [1.165, 1.54) is 23.0 Å². The summed E-state index contributed by atoms with van der Waals surface area (Å²) in [7, 11) is 0. The Kier molecular flexibility index (Phi) is 5.52. The van der Waals surface area contributed by atoms with E-state index in [1.807, 2.05) is 30.3 Å². The van der Waals surface area contributed by atoms with E-state index in [1.54, 1.807) is 30.6 Å². The van der Waals surface area contributed by atoms with Crippen molar-refractivity contribution in [2.75, 3.05) is 5.73 Å². The molecule has 2 aromatic heterocycles. The second-order valence-electron chi connectivity index (χ2n) is 5.98. The third kappa shape index (κ3) is 3.63. The first-order valence-electron chi connectivity index (χ1n) is 8.28. The Morgan fingerprint density at radius 3 is 2.39 bits per heavy atom. The summed E-state index contributed by atoms with van der Waals surface area (Å²) in [6, 6.07) is 16.8. The van der Waals surface area contributed by atoms with Crippen molar-refractivity contribution in [3.05, 3.63) is 96.2 Å². The first-order chi connectivity index (χ1) is 13.1. The molecule has 0 spiro atoms. The van der Waals surface area contributed by atoms with Crippen LogP contribution in [0.4, 0.5) is 10.2 Å². The summed E-state index contributed by atoms with van der Waals surface area (Å²) in [5, 5.41) is 4.18. The van der Waals surface area contributed by atoms with Gasteiger partial charge in [-0.1, -0.05) is 18.2 Å². The lowest BCUT2D eigenvalue weighted by Crippen LogP contribution is -3.00. The van der Waals surface area contributed by atoms with Gasteiger partial charge in [-0.25, -0.2) is 9.07 Å². The number of anilines is 1. The van der Waals surface area contributed by atoms with Crippen LogP contribution in [0.15, 0.2) is 79.3 Å². The van der Waals surface area contributed by atoms with Crippen molar-refractivity contribution in [3.8, 4) is 16.8 Å². The quantitative estimate of drug-likeness (QED) is 0.523. The molecule has 4 aromatic rings. The number of pyridine rings is 1. The molecule has 2 N–H and O–H groups in total. The Morgan fingerprint density at radius 1 is 0.964 bits per heavy atom. The molecule has 0 unspecified atom stereocenters. The molecule has 0 aliphatic carbocycles. The van der Waals surface area contributed by atoms with Crippen LogP contribution in [-0.2, 0) is 0 Å². The molecule has 0 saturated carbocycles. The highest BCUT2D eigenvalue weighted by Gasteiger charge is 2.18. The lowest BCUT2D eigenvalue weighted by Gasteiger charge is -2.06. The molecular weight excluding hydrogens is 379 g/mol. The molecule has 0 amide bonds. The summed E-state index contributed by atoms with van der Waals surface area (Å²) < 4.78 is 14.5. The fraction of sp³-hybridized carbons (Fsp3) is 0. The van der Waals surface area contributed by atoms with Crippen LogP contribution in [0, 0.1) is 5.82 Å². The number of ketones is 1. The monoisotopic (exact) mass is 393 g/mol. The number of benzene rings is 2.